The van der Waals surface area contributed by atoms with Gasteiger partial charge in [-0.1, -0.05) is 0 Å². The summed E-state index contributed by atoms with van der Waals surface area (Å²) in [6.07, 6.45) is 2.31. The molecule has 0 spiro atoms. The van der Waals surface area contributed by atoms with Gasteiger partial charge in [0.15, 0.2) is 0 Å². The minimum atomic E-state index is -1.55. The van der Waals surface area contributed by atoms with E-state index in [2.05, 4.69) is 0 Å². The molecule has 12 nitrogen and oxygen atoms in total. The average Bonchev–Trinajstić information content (AvgIpc) is 2.42. The molecule has 0 N–H and O–H groups in total. The van der Waals surface area contributed by atoms with Crippen molar-refractivity contribution in [3.63, 3.8) is 0 Å². The molecule has 0 rings (SSSR count). The first kappa shape index (κ1) is 34.5. The number of rotatable bonds is 6. The molecule has 0 aromatic heterocycles. The molecule has 0 fully saturated rings. The summed E-state index contributed by atoms with van der Waals surface area (Å²) >= 11 is 0. The predicted octanol–water partition coefficient (Wildman–Crippen LogP) is -8.88. The normalized spacial score (nSPS) is 8.77. The second-order valence-electron chi connectivity index (χ2n) is 2.91. The molecule has 136 valence electrons. The maximum atomic E-state index is 9.41. The van der Waals surface area contributed by atoms with Gasteiger partial charge in [0.25, 0.3) is 0 Å². The Labute approximate surface area is 168 Å². The van der Waals surface area contributed by atoms with E-state index in [0.717, 1.165) is 0 Å². The monoisotopic (exact) mass is 444 g/mol. The first-order valence-electron chi connectivity index (χ1n) is 5.18. The van der Waals surface area contributed by atoms with Crippen LogP contribution in [0.2, 0.25) is 0 Å². The van der Waals surface area contributed by atoms with Crippen molar-refractivity contribution in [2.24, 2.45) is 0 Å². The van der Waals surface area contributed by atoms with E-state index in [0.29, 0.717) is 36.5 Å². The second kappa shape index (κ2) is 22.2. The average molecular weight is 444 g/mol. The van der Waals surface area contributed by atoms with E-state index in [1.54, 1.807) is 0 Å². The van der Waals surface area contributed by atoms with E-state index >= 15 is 0 Å². The topological polar surface area (TPSA) is 241 Å². The van der Waals surface area contributed by atoms with Crippen molar-refractivity contribution in [2.45, 2.75) is 0 Å². The van der Waals surface area contributed by atoms with E-state index < -0.39 is 35.8 Å². The summed E-state index contributed by atoms with van der Waals surface area (Å²) < 4.78 is 0. The number of aliphatic carboxylic acids is 6. The van der Waals surface area contributed by atoms with E-state index in [9.17, 15) is 59.4 Å². The Morgan fingerprint density at radius 2 is 0.423 bits per heavy atom. The fourth-order valence-electron chi connectivity index (χ4n) is 0.408. The van der Waals surface area contributed by atoms with Gasteiger partial charge in [0.2, 0.25) is 0 Å². The first-order valence-corrected chi connectivity index (χ1v) is 5.18. The van der Waals surface area contributed by atoms with Gasteiger partial charge in [0, 0.05) is 0 Å². The summed E-state index contributed by atoms with van der Waals surface area (Å²) in [6.45, 7) is 0. The fraction of sp³-hybridized carbons (Fsp3) is 0. The van der Waals surface area contributed by atoms with Gasteiger partial charge >= 0.3 is 37.1 Å². The Morgan fingerprint density at radius 3 is 0.462 bits per heavy atom. The molecule has 0 bridgehead atoms. The Hall–Kier alpha value is -2.79. The summed E-state index contributed by atoms with van der Waals surface area (Å²) in [5, 5.41) is 56.5. The van der Waals surface area contributed by atoms with E-state index in [-0.39, 0.29) is 37.1 Å². The molecule has 0 atom stereocenters. The second-order valence-corrected chi connectivity index (χ2v) is 2.91. The zero-order valence-corrected chi connectivity index (χ0v) is 15.1. The van der Waals surface area contributed by atoms with Gasteiger partial charge in [0.1, 0.15) is 0 Å². The number of hydrogen-bond acceptors (Lipinski definition) is 12. The Balaban J connectivity index is -0.0000000817. The minimum Gasteiger partial charge on any atom is -0.545 e. The van der Waals surface area contributed by atoms with E-state index in [1.807, 2.05) is 0 Å². The number of carboxylic acids is 6. The third-order valence-electron chi connectivity index (χ3n) is 1.07. The molecule has 14 heteroatoms. The van der Waals surface area contributed by atoms with Crippen molar-refractivity contribution >= 4 is 35.8 Å². The van der Waals surface area contributed by atoms with Gasteiger partial charge in [-0.3, -0.25) is 0 Å². The molecule has 0 saturated carbocycles. The molecule has 0 unspecified atom stereocenters. The molecular formula is C12H6O12V2. The summed E-state index contributed by atoms with van der Waals surface area (Å²) in [5.74, 6) is -9.28. The van der Waals surface area contributed by atoms with Crippen LogP contribution in [-0.2, 0) is 65.9 Å². The van der Waals surface area contributed by atoms with Crippen molar-refractivity contribution in [1.82, 2.24) is 0 Å². The number of hydrogen-bond donors (Lipinski definition) is 0. The summed E-state index contributed by atoms with van der Waals surface area (Å²) in [4.78, 5) is 56.5. The van der Waals surface area contributed by atoms with Crippen LogP contribution in [0.15, 0.2) is 36.5 Å². The predicted molar refractivity (Wildman–Crippen MR) is 57.5 cm³/mol. The van der Waals surface area contributed by atoms with Crippen LogP contribution < -0.4 is 30.6 Å². The van der Waals surface area contributed by atoms with Gasteiger partial charge < -0.3 is 59.4 Å². The Kier molecular flexibility index (Phi) is 29.5. The van der Waals surface area contributed by atoms with Crippen LogP contribution >= 0.6 is 0 Å². The van der Waals surface area contributed by atoms with Gasteiger partial charge in [-0.05, 0) is 36.5 Å². The Morgan fingerprint density at radius 1 is 0.346 bits per heavy atom. The zero-order valence-electron chi connectivity index (χ0n) is 12.3. The van der Waals surface area contributed by atoms with Crippen LogP contribution in [0.1, 0.15) is 0 Å². The summed E-state index contributed by atoms with van der Waals surface area (Å²) in [6, 6.07) is 0. The molecule has 0 aliphatic carbocycles. The molecule has 0 heterocycles. The molecule has 0 aromatic carbocycles. The fourth-order valence-corrected chi connectivity index (χ4v) is 0.408. The van der Waals surface area contributed by atoms with Crippen molar-refractivity contribution < 1.29 is 96.5 Å². The third kappa shape index (κ3) is 58.1. The molecule has 0 aliphatic rings. The molecule has 0 amide bonds. The van der Waals surface area contributed by atoms with Crippen molar-refractivity contribution in [3.8, 4) is 0 Å². The molecule has 0 saturated heterocycles. The third-order valence-corrected chi connectivity index (χ3v) is 1.07. The summed E-state index contributed by atoms with van der Waals surface area (Å²) in [7, 11) is 0. The maximum absolute atomic E-state index is 9.41. The molecule has 0 radical (unpaired) electrons. The van der Waals surface area contributed by atoms with Gasteiger partial charge in [-0.25, -0.2) is 0 Å². The van der Waals surface area contributed by atoms with Gasteiger partial charge in [-0.15, -0.1) is 0 Å². The van der Waals surface area contributed by atoms with Crippen molar-refractivity contribution in [1.29, 1.82) is 0 Å². The number of carbonyl (C=O) groups is 6. The summed E-state index contributed by atoms with van der Waals surface area (Å²) in [5.41, 5.74) is 0. The van der Waals surface area contributed by atoms with Crippen molar-refractivity contribution in [2.75, 3.05) is 0 Å². The van der Waals surface area contributed by atoms with E-state index in [4.69, 9.17) is 0 Å². The molecule has 0 aromatic rings. The first-order chi connectivity index (χ1) is 10.9. The smallest absolute Gasteiger partial charge is 0.545 e. The number of carbonyl (C=O) groups excluding carboxylic acids is 6. The minimum absolute atomic E-state index is 0. The molecule has 0 aliphatic heterocycles. The standard InChI is InChI=1S/3C4H4O4.2V/c3*5-3(6)1-2-4(7)8;;/h3*1-2H,(H,5,6)(H,7,8);;/q;;;2*+3/p-6/b3*2-1+;;. The van der Waals surface area contributed by atoms with Crippen LogP contribution in [-0.4, -0.2) is 35.8 Å². The maximum Gasteiger partial charge on any atom is 3.00 e. The number of carboxylic acid groups (broad SMARTS) is 6. The van der Waals surface area contributed by atoms with Gasteiger partial charge in [-0.2, -0.15) is 0 Å². The largest absolute Gasteiger partial charge is 3.00 e. The van der Waals surface area contributed by atoms with Crippen LogP contribution in [0.3, 0.4) is 0 Å². The van der Waals surface area contributed by atoms with Crippen molar-refractivity contribution in [3.05, 3.63) is 36.5 Å². The van der Waals surface area contributed by atoms with Gasteiger partial charge in [0.05, 0.1) is 35.8 Å². The van der Waals surface area contributed by atoms with Crippen LogP contribution in [0, 0.1) is 0 Å². The quantitative estimate of drug-likeness (QED) is 0.347. The Bertz CT molecular complexity index is 448. The van der Waals surface area contributed by atoms with Crippen LogP contribution in [0.25, 0.3) is 0 Å². The zero-order chi connectivity index (χ0) is 19.7. The SMILES string of the molecule is O=C([O-])/C=C/C(=O)[O-].O=C([O-])/C=C/C(=O)[O-].O=C([O-])/C=C/C(=O)[O-].[V+3].[V+3]. The van der Waals surface area contributed by atoms with E-state index in [1.165, 1.54) is 0 Å². The molecular weight excluding hydrogens is 438 g/mol. The molecule has 26 heavy (non-hydrogen) atoms. The van der Waals surface area contributed by atoms with Crippen LogP contribution in [0.4, 0.5) is 0 Å². The van der Waals surface area contributed by atoms with Crippen LogP contribution in [0.5, 0.6) is 0 Å².